The van der Waals surface area contributed by atoms with E-state index in [1.807, 2.05) is 70.2 Å². The highest BCUT2D eigenvalue weighted by atomic mass is 16.8. The van der Waals surface area contributed by atoms with Crippen molar-refractivity contribution in [3.8, 4) is 0 Å². The molecule has 36 heavy (non-hydrogen) atoms. The van der Waals surface area contributed by atoms with Gasteiger partial charge in [-0.15, -0.1) is 0 Å². The van der Waals surface area contributed by atoms with Crippen LogP contribution in [0.3, 0.4) is 0 Å². The molecule has 0 N–H and O–H groups in total. The van der Waals surface area contributed by atoms with Crippen LogP contribution in [0.2, 0.25) is 0 Å². The van der Waals surface area contributed by atoms with Gasteiger partial charge in [0.15, 0.2) is 17.7 Å². The topological polar surface area (TPSA) is 92.8 Å². The lowest BCUT2D eigenvalue weighted by Crippen LogP contribution is -2.70. The molecule has 3 saturated heterocycles. The van der Waals surface area contributed by atoms with Crippen LogP contribution >= 0.6 is 0 Å². The Bertz CT molecular complexity index is 1000. The second kappa shape index (κ2) is 10.4. The van der Waals surface area contributed by atoms with Crippen molar-refractivity contribution in [3.63, 3.8) is 0 Å². The Morgan fingerprint density at radius 2 is 1.81 bits per heavy atom. The summed E-state index contributed by atoms with van der Waals surface area (Å²) in [5.41, 5.74) is 0.992. The summed E-state index contributed by atoms with van der Waals surface area (Å²) in [6.45, 7) is 7.61. The first-order valence-corrected chi connectivity index (χ1v) is 12.1. The van der Waals surface area contributed by atoms with Crippen molar-refractivity contribution in [2.75, 3.05) is 20.8 Å². The minimum atomic E-state index is -0.938. The van der Waals surface area contributed by atoms with Crippen molar-refractivity contribution in [1.29, 1.82) is 0 Å². The van der Waals surface area contributed by atoms with E-state index in [-0.39, 0.29) is 11.9 Å². The van der Waals surface area contributed by atoms with E-state index in [1.54, 1.807) is 11.0 Å². The molecule has 1 aromatic carbocycles. The molecule has 3 aliphatic heterocycles. The van der Waals surface area contributed by atoms with Crippen LogP contribution < -0.4 is 0 Å². The number of β-lactam (4-membered cyclic amide) rings is 1. The standard InChI is InChI=1S/C27H35NO8/c1-26(2)33-16-20(34-26)24-22(35-27(3,4)36-24)18(14-15-21(29)31-5)28-19(23(32-6)25(28)30)13-12-17-10-8-7-9-11-17/h7-15,18-20,22-24H,16H2,1-6H3/b13-12+,15-14+/t18-,19+,20+,22+,23-,24-/m0/s1. The first kappa shape index (κ1) is 26.5. The lowest BCUT2D eigenvalue weighted by atomic mass is 9.89. The minimum Gasteiger partial charge on any atom is -0.466 e. The van der Waals surface area contributed by atoms with E-state index < -0.39 is 48.0 Å². The summed E-state index contributed by atoms with van der Waals surface area (Å²) in [7, 11) is 2.81. The molecule has 196 valence electrons. The van der Waals surface area contributed by atoms with E-state index in [0.29, 0.717) is 6.61 Å². The molecule has 3 heterocycles. The van der Waals surface area contributed by atoms with Crippen LogP contribution in [-0.2, 0) is 38.0 Å². The Labute approximate surface area is 211 Å². The summed E-state index contributed by atoms with van der Waals surface area (Å²) in [5, 5.41) is 0. The third-order valence-corrected chi connectivity index (χ3v) is 6.52. The monoisotopic (exact) mass is 501 g/mol. The summed E-state index contributed by atoms with van der Waals surface area (Å²) < 4.78 is 34.8. The van der Waals surface area contributed by atoms with Crippen LogP contribution in [-0.4, -0.2) is 85.7 Å². The first-order chi connectivity index (χ1) is 17.0. The summed E-state index contributed by atoms with van der Waals surface area (Å²) in [5.74, 6) is -2.45. The Balaban J connectivity index is 1.68. The van der Waals surface area contributed by atoms with Crippen LogP contribution in [0.5, 0.6) is 0 Å². The number of carbonyl (C=O) groups is 2. The quantitative estimate of drug-likeness (QED) is 0.305. The fourth-order valence-corrected chi connectivity index (χ4v) is 4.91. The highest BCUT2D eigenvalue weighted by Gasteiger charge is 2.57. The molecule has 3 fully saturated rings. The molecular weight excluding hydrogens is 466 g/mol. The van der Waals surface area contributed by atoms with Gasteiger partial charge in [-0.1, -0.05) is 48.6 Å². The number of nitrogens with zero attached hydrogens (tertiary/aromatic N) is 1. The van der Waals surface area contributed by atoms with Crippen molar-refractivity contribution in [1.82, 2.24) is 4.90 Å². The van der Waals surface area contributed by atoms with E-state index >= 15 is 0 Å². The zero-order valence-electron chi connectivity index (χ0n) is 21.6. The molecule has 0 saturated carbocycles. The molecule has 0 unspecified atom stereocenters. The maximum Gasteiger partial charge on any atom is 0.330 e. The molecule has 1 aromatic rings. The third kappa shape index (κ3) is 5.55. The highest BCUT2D eigenvalue weighted by molar-refractivity contribution is 5.90. The number of esters is 1. The van der Waals surface area contributed by atoms with Gasteiger partial charge in [-0.2, -0.15) is 0 Å². The van der Waals surface area contributed by atoms with Crippen LogP contribution in [0.25, 0.3) is 6.08 Å². The van der Waals surface area contributed by atoms with Gasteiger partial charge >= 0.3 is 5.97 Å². The smallest absolute Gasteiger partial charge is 0.330 e. The number of carbonyl (C=O) groups excluding carboxylic acids is 2. The minimum absolute atomic E-state index is 0.212. The van der Waals surface area contributed by atoms with Gasteiger partial charge in [0.2, 0.25) is 0 Å². The van der Waals surface area contributed by atoms with Crippen molar-refractivity contribution in [2.24, 2.45) is 0 Å². The number of methoxy groups -OCH3 is 2. The van der Waals surface area contributed by atoms with Gasteiger partial charge in [0, 0.05) is 13.2 Å². The molecule has 6 atom stereocenters. The van der Waals surface area contributed by atoms with E-state index in [9.17, 15) is 9.59 Å². The molecular formula is C27H35NO8. The van der Waals surface area contributed by atoms with Crippen LogP contribution in [0.1, 0.15) is 33.3 Å². The predicted molar refractivity (Wildman–Crippen MR) is 131 cm³/mol. The number of benzene rings is 1. The Morgan fingerprint density at radius 3 is 2.42 bits per heavy atom. The number of hydrogen-bond donors (Lipinski definition) is 0. The molecule has 9 heteroatoms. The summed E-state index contributed by atoms with van der Waals surface area (Å²) in [6.07, 6.45) is 4.53. The molecule has 0 bridgehead atoms. The first-order valence-electron chi connectivity index (χ1n) is 12.1. The molecule has 4 rings (SSSR count). The lowest BCUT2D eigenvalue weighted by Gasteiger charge is -2.50. The van der Waals surface area contributed by atoms with E-state index in [0.717, 1.165) is 5.56 Å². The molecule has 9 nitrogen and oxygen atoms in total. The fourth-order valence-electron chi connectivity index (χ4n) is 4.91. The van der Waals surface area contributed by atoms with Crippen LogP contribution in [0, 0.1) is 0 Å². The third-order valence-electron chi connectivity index (χ3n) is 6.52. The summed E-state index contributed by atoms with van der Waals surface area (Å²) in [4.78, 5) is 27.0. The summed E-state index contributed by atoms with van der Waals surface area (Å²) >= 11 is 0. The molecule has 0 aliphatic carbocycles. The second-order valence-corrected chi connectivity index (χ2v) is 9.97. The maximum absolute atomic E-state index is 13.3. The summed E-state index contributed by atoms with van der Waals surface area (Å²) in [6, 6.07) is 8.73. The number of rotatable bonds is 8. The number of likely N-dealkylation sites (tertiary alicyclic amines) is 1. The van der Waals surface area contributed by atoms with Crippen molar-refractivity contribution in [2.45, 2.75) is 75.8 Å². The number of hydrogen-bond acceptors (Lipinski definition) is 8. The zero-order valence-corrected chi connectivity index (χ0v) is 21.6. The van der Waals surface area contributed by atoms with E-state index in [4.69, 9.17) is 28.4 Å². The molecule has 0 spiro atoms. The van der Waals surface area contributed by atoms with Crippen molar-refractivity contribution >= 4 is 18.0 Å². The fraction of sp³-hybridized carbons (Fsp3) is 0.556. The van der Waals surface area contributed by atoms with Gasteiger partial charge in [0.05, 0.1) is 25.8 Å². The number of ether oxygens (including phenoxy) is 6. The normalized spacial score (nSPS) is 32.2. The second-order valence-electron chi connectivity index (χ2n) is 9.97. The highest BCUT2D eigenvalue weighted by Crippen LogP contribution is 2.40. The largest absolute Gasteiger partial charge is 0.466 e. The van der Waals surface area contributed by atoms with Gasteiger partial charge in [-0.25, -0.2) is 4.79 Å². The average molecular weight is 502 g/mol. The molecule has 0 aromatic heterocycles. The average Bonchev–Trinajstić information content (AvgIpc) is 3.37. The Morgan fingerprint density at radius 1 is 1.08 bits per heavy atom. The van der Waals surface area contributed by atoms with E-state index in [1.165, 1.54) is 20.3 Å². The molecule has 3 aliphatic rings. The van der Waals surface area contributed by atoms with Crippen molar-refractivity contribution in [3.05, 3.63) is 54.1 Å². The van der Waals surface area contributed by atoms with E-state index in [2.05, 4.69) is 0 Å². The maximum atomic E-state index is 13.3. The van der Waals surface area contributed by atoms with Gasteiger partial charge < -0.3 is 33.3 Å². The van der Waals surface area contributed by atoms with Gasteiger partial charge in [-0.05, 0) is 33.3 Å². The van der Waals surface area contributed by atoms with Gasteiger partial charge in [-0.3, -0.25) is 4.79 Å². The molecule has 1 amide bonds. The van der Waals surface area contributed by atoms with Gasteiger partial charge in [0.25, 0.3) is 5.91 Å². The van der Waals surface area contributed by atoms with Crippen LogP contribution in [0.4, 0.5) is 0 Å². The van der Waals surface area contributed by atoms with Crippen LogP contribution in [0.15, 0.2) is 48.6 Å². The Kier molecular flexibility index (Phi) is 7.68. The lowest BCUT2D eigenvalue weighted by molar-refractivity contribution is -0.180. The SMILES string of the molecule is COC(=O)/C=C/[C@@H]([C@H]1OC(C)(C)O[C@H]1[C@H]1COC(C)(C)O1)N1C(=O)[C@@H](OC)[C@H]1/C=C/c1ccccc1. The van der Waals surface area contributed by atoms with Gasteiger partial charge in [0.1, 0.15) is 18.3 Å². The predicted octanol–water partition coefficient (Wildman–Crippen LogP) is 2.70. The zero-order chi connectivity index (χ0) is 26.1. The van der Waals surface area contributed by atoms with Crippen molar-refractivity contribution < 1.29 is 38.0 Å². The molecule has 0 radical (unpaired) electrons. The number of amides is 1. The Hall–Kier alpha value is -2.56.